The van der Waals surface area contributed by atoms with Gasteiger partial charge in [-0.3, -0.25) is 4.79 Å². The number of thiazole rings is 1. The monoisotopic (exact) mass is 392 g/mol. The number of ether oxygens (including phenoxy) is 1. The lowest BCUT2D eigenvalue weighted by molar-refractivity contribution is -0.126. The number of hydrogen-bond donors (Lipinski definition) is 0. The third kappa shape index (κ3) is 3.55. The van der Waals surface area contributed by atoms with Crippen LogP contribution in [0.25, 0.3) is 10.6 Å². The normalized spacial score (nSPS) is 13.9. The van der Waals surface area contributed by atoms with Crippen molar-refractivity contribution in [3.05, 3.63) is 70.7 Å². The van der Waals surface area contributed by atoms with Gasteiger partial charge in [0.1, 0.15) is 5.01 Å². The van der Waals surface area contributed by atoms with Crippen molar-refractivity contribution in [1.29, 1.82) is 0 Å². The molecule has 1 aromatic heterocycles. The summed E-state index contributed by atoms with van der Waals surface area (Å²) in [7, 11) is 0. The van der Waals surface area contributed by atoms with Crippen molar-refractivity contribution in [2.45, 2.75) is 26.4 Å². The Morgan fingerprint density at radius 3 is 2.68 bits per heavy atom. The number of hydrogen-bond acceptors (Lipinski definition) is 5. The Labute approximate surface area is 167 Å². The van der Waals surface area contributed by atoms with Crippen molar-refractivity contribution in [1.82, 2.24) is 4.98 Å². The molecule has 2 heterocycles. The van der Waals surface area contributed by atoms with Crippen molar-refractivity contribution in [2.24, 2.45) is 0 Å². The summed E-state index contributed by atoms with van der Waals surface area (Å²) >= 11 is 1.38. The van der Waals surface area contributed by atoms with Gasteiger partial charge in [-0.05, 0) is 31.9 Å². The zero-order chi connectivity index (χ0) is 19.7. The van der Waals surface area contributed by atoms with Crippen molar-refractivity contribution in [3.8, 4) is 10.6 Å². The van der Waals surface area contributed by atoms with Gasteiger partial charge in [0.15, 0.2) is 11.8 Å². The van der Waals surface area contributed by atoms with Crippen LogP contribution in [0, 0.1) is 6.92 Å². The first kappa shape index (κ1) is 18.4. The van der Waals surface area contributed by atoms with Gasteiger partial charge in [0.2, 0.25) is 0 Å². The smallest absolute Gasteiger partial charge is 0.358 e. The quantitative estimate of drug-likeness (QED) is 0.623. The lowest BCUT2D eigenvalue weighted by Crippen LogP contribution is -2.39. The highest BCUT2D eigenvalue weighted by atomic mass is 32.1. The van der Waals surface area contributed by atoms with Gasteiger partial charge in [-0.15, -0.1) is 11.3 Å². The summed E-state index contributed by atoms with van der Waals surface area (Å²) in [6.07, 6.45) is -0.0580. The zero-order valence-electron chi connectivity index (χ0n) is 15.7. The van der Waals surface area contributed by atoms with E-state index < -0.39 is 12.1 Å². The molecule has 1 amide bonds. The maximum Gasteiger partial charge on any atom is 0.358 e. The number of fused-ring (bicyclic) bond motifs is 1. The van der Waals surface area contributed by atoms with E-state index in [0.29, 0.717) is 6.54 Å². The minimum atomic E-state index is -0.872. The fourth-order valence-electron chi connectivity index (χ4n) is 3.25. The minimum Gasteiger partial charge on any atom is -0.448 e. The predicted molar refractivity (Wildman–Crippen MR) is 110 cm³/mol. The molecule has 1 atom stereocenters. The van der Waals surface area contributed by atoms with Crippen LogP contribution in [-0.4, -0.2) is 29.5 Å². The second-order valence-corrected chi connectivity index (χ2v) is 7.68. The number of benzene rings is 2. The molecule has 142 valence electrons. The minimum absolute atomic E-state index is 0.215. The second-order valence-electron chi connectivity index (χ2n) is 6.82. The van der Waals surface area contributed by atoms with E-state index in [1.165, 1.54) is 11.3 Å². The molecule has 0 unspecified atom stereocenters. The Morgan fingerprint density at radius 1 is 1.14 bits per heavy atom. The van der Waals surface area contributed by atoms with Crippen LogP contribution >= 0.6 is 11.3 Å². The van der Waals surface area contributed by atoms with Gasteiger partial charge in [-0.2, -0.15) is 0 Å². The highest BCUT2D eigenvalue weighted by molar-refractivity contribution is 7.13. The summed E-state index contributed by atoms with van der Waals surface area (Å²) in [5, 5.41) is 2.42. The number of rotatable bonds is 4. The molecule has 2 aromatic carbocycles. The molecular weight excluding hydrogens is 372 g/mol. The molecule has 0 radical (unpaired) electrons. The number of para-hydroxylation sites is 1. The van der Waals surface area contributed by atoms with E-state index in [1.807, 2.05) is 55.5 Å². The van der Waals surface area contributed by atoms with E-state index in [1.54, 1.807) is 17.2 Å². The molecule has 1 aliphatic heterocycles. The molecule has 0 saturated heterocycles. The number of carbonyl (C=O) groups excluding carboxylic acids is 2. The van der Waals surface area contributed by atoms with Gasteiger partial charge in [0.25, 0.3) is 5.91 Å². The first-order valence-electron chi connectivity index (χ1n) is 9.16. The summed E-state index contributed by atoms with van der Waals surface area (Å²) in [4.78, 5) is 31.3. The number of amides is 1. The fraction of sp³-hybridized carbons (Fsp3) is 0.227. The van der Waals surface area contributed by atoms with Gasteiger partial charge < -0.3 is 9.64 Å². The number of anilines is 1. The number of nitrogens with zero attached hydrogens (tertiary/aromatic N) is 2. The summed E-state index contributed by atoms with van der Waals surface area (Å²) in [6.45, 7) is 4.23. The molecule has 0 spiro atoms. The molecule has 0 saturated carbocycles. The Hall–Kier alpha value is -2.99. The zero-order valence-corrected chi connectivity index (χ0v) is 16.5. The number of aromatic nitrogens is 1. The highest BCUT2D eigenvalue weighted by Gasteiger charge is 2.30. The van der Waals surface area contributed by atoms with Crippen LogP contribution in [-0.2, 0) is 16.0 Å². The topological polar surface area (TPSA) is 59.5 Å². The molecule has 28 heavy (non-hydrogen) atoms. The first-order valence-corrected chi connectivity index (χ1v) is 10.0. The van der Waals surface area contributed by atoms with Gasteiger partial charge in [0.05, 0.1) is 0 Å². The highest BCUT2D eigenvalue weighted by Crippen LogP contribution is 2.28. The van der Waals surface area contributed by atoms with E-state index in [4.69, 9.17) is 4.74 Å². The van der Waals surface area contributed by atoms with E-state index in [-0.39, 0.29) is 11.6 Å². The lowest BCUT2D eigenvalue weighted by atomic mass is 10.2. The SMILES string of the molecule is Cc1ccc(-c2nc(C(=O)O[C@@H](C)C(=O)N3CCc4ccccc43)cs2)cc1. The third-order valence-electron chi connectivity index (χ3n) is 4.80. The summed E-state index contributed by atoms with van der Waals surface area (Å²) in [5.74, 6) is -0.796. The molecule has 0 aliphatic carbocycles. The van der Waals surface area contributed by atoms with Crippen LogP contribution in [0.4, 0.5) is 5.69 Å². The second kappa shape index (κ2) is 7.56. The Morgan fingerprint density at radius 2 is 1.89 bits per heavy atom. The average Bonchev–Trinajstić information content (AvgIpc) is 3.35. The van der Waals surface area contributed by atoms with Crippen molar-refractivity contribution in [2.75, 3.05) is 11.4 Å². The van der Waals surface area contributed by atoms with Gasteiger partial charge in [0, 0.05) is 23.2 Å². The van der Waals surface area contributed by atoms with Crippen molar-refractivity contribution >= 4 is 28.9 Å². The van der Waals surface area contributed by atoms with Gasteiger partial charge in [-0.1, -0.05) is 48.0 Å². The molecule has 5 nitrogen and oxygen atoms in total. The summed E-state index contributed by atoms with van der Waals surface area (Å²) < 4.78 is 5.41. The number of esters is 1. The molecule has 0 bridgehead atoms. The lowest BCUT2D eigenvalue weighted by Gasteiger charge is -2.21. The van der Waals surface area contributed by atoms with Crippen molar-refractivity contribution < 1.29 is 14.3 Å². The standard InChI is InChI=1S/C22H20N2O3S/c1-14-7-9-17(10-8-14)20-23-18(13-28-20)22(26)27-15(2)21(25)24-12-11-16-5-3-4-6-19(16)24/h3-10,13,15H,11-12H2,1-2H3/t15-/m0/s1. The average molecular weight is 392 g/mol. The molecule has 4 rings (SSSR count). The van der Waals surface area contributed by atoms with Crippen LogP contribution in [0.3, 0.4) is 0 Å². The molecule has 0 N–H and O–H groups in total. The van der Waals surface area contributed by atoms with Gasteiger partial charge in [-0.25, -0.2) is 9.78 Å². The molecule has 6 heteroatoms. The van der Waals surface area contributed by atoms with Crippen LogP contribution in [0.15, 0.2) is 53.9 Å². The maximum absolute atomic E-state index is 12.8. The Balaban J connectivity index is 1.44. The van der Waals surface area contributed by atoms with Crippen LogP contribution in [0.2, 0.25) is 0 Å². The molecule has 3 aromatic rings. The van der Waals surface area contributed by atoms with Crippen molar-refractivity contribution in [3.63, 3.8) is 0 Å². The van der Waals surface area contributed by atoms with Gasteiger partial charge >= 0.3 is 5.97 Å². The number of aryl methyl sites for hydroxylation is 1. The van der Waals surface area contributed by atoms with E-state index in [2.05, 4.69) is 4.98 Å². The van der Waals surface area contributed by atoms with Crippen LogP contribution < -0.4 is 4.90 Å². The first-order chi connectivity index (χ1) is 13.5. The Kier molecular flexibility index (Phi) is 4.96. The summed E-state index contributed by atoms with van der Waals surface area (Å²) in [5.41, 5.74) is 4.37. The largest absolute Gasteiger partial charge is 0.448 e. The van der Waals surface area contributed by atoms with Crippen LogP contribution in [0.1, 0.15) is 28.5 Å². The van der Waals surface area contributed by atoms with E-state index in [0.717, 1.165) is 33.8 Å². The van der Waals surface area contributed by atoms with E-state index >= 15 is 0 Å². The van der Waals surface area contributed by atoms with Crippen LogP contribution in [0.5, 0.6) is 0 Å². The molecule has 0 fully saturated rings. The number of carbonyl (C=O) groups is 2. The summed E-state index contributed by atoms with van der Waals surface area (Å²) in [6, 6.07) is 15.8. The molecule has 1 aliphatic rings. The fourth-order valence-corrected chi connectivity index (χ4v) is 4.05. The maximum atomic E-state index is 12.8. The third-order valence-corrected chi connectivity index (χ3v) is 5.69. The predicted octanol–water partition coefficient (Wildman–Crippen LogP) is 4.25. The Bertz CT molecular complexity index is 1030. The van der Waals surface area contributed by atoms with E-state index in [9.17, 15) is 9.59 Å². The molecular formula is C22H20N2O3S.